The second-order valence-corrected chi connectivity index (χ2v) is 9.87. The van der Waals surface area contributed by atoms with Crippen LogP contribution < -0.4 is 15.0 Å². The van der Waals surface area contributed by atoms with Crippen molar-refractivity contribution in [2.45, 2.75) is 45.8 Å². The van der Waals surface area contributed by atoms with Gasteiger partial charge in [-0.15, -0.1) is 10.2 Å². The average molecular weight is 514 g/mol. The van der Waals surface area contributed by atoms with Crippen molar-refractivity contribution in [3.63, 3.8) is 0 Å². The fourth-order valence-corrected chi connectivity index (χ4v) is 3.97. The van der Waals surface area contributed by atoms with E-state index in [0.717, 1.165) is 11.1 Å². The number of ether oxygens (including phenoxy) is 1. The number of aryl methyl sites for hydroxylation is 1. The second-order valence-electron chi connectivity index (χ2n) is 9.87. The summed E-state index contributed by atoms with van der Waals surface area (Å²) in [4.78, 5) is 34.5. The molecule has 0 bridgehead atoms. The fourth-order valence-electron chi connectivity index (χ4n) is 3.97. The van der Waals surface area contributed by atoms with Crippen molar-refractivity contribution in [3.05, 3.63) is 84.2 Å². The van der Waals surface area contributed by atoms with E-state index in [1.165, 1.54) is 16.8 Å². The molecule has 0 aliphatic heterocycles. The Kier molecular flexibility index (Phi) is 7.80. The number of nitrogens with one attached hydrogen (secondary N) is 1. The fraction of sp³-hybridized carbons (Fsp3) is 0.286. The first-order valence-electron chi connectivity index (χ1n) is 12.2. The Morgan fingerprint density at radius 2 is 1.71 bits per heavy atom. The van der Waals surface area contributed by atoms with Gasteiger partial charge in [-0.2, -0.15) is 4.80 Å². The van der Waals surface area contributed by atoms with Crippen molar-refractivity contribution >= 4 is 17.5 Å². The van der Waals surface area contributed by atoms with Crippen molar-refractivity contribution in [2.75, 3.05) is 12.0 Å². The molecule has 1 atom stereocenters. The zero-order valence-corrected chi connectivity index (χ0v) is 22.1. The molecule has 0 aliphatic rings. The third kappa shape index (κ3) is 6.20. The van der Waals surface area contributed by atoms with Gasteiger partial charge < -0.3 is 10.1 Å². The highest BCUT2D eigenvalue weighted by molar-refractivity contribution is 6.02. The van der Waals surface area contributed by atoms with Gasteiger partial charge in [-0.05, 0) is 62.7 Å². The lowest BCUT2D eigenvalue weighted by molar-refractivity contribution is -0.128. The number of carbonyl (C=O) groups is 2. The number of pyridine rings is 1. The molecular formula is C28H31N7O3. The van der Waals surface area contributed by atoms with Crippen LogP contribution in [-0.4, -0.2) is 49.7 Å². The van der Waals surface area contributed by atoms with Crippen molar-refractivity contribution in [1.29, 1.82) is 0 Å². The Bertz CT molecular complexity index is 1400. The molecule has 1 N–H and O–H groups in total. The summed E-state index contributed by atoms with van der Waals surface area (Å²) in [6.07, 6.45) is 3.18. The van der Waals surface area contributed by atoms with Crippen molar-refractivity contribution in [2.24, 2.45) is 0 Å². The molecule has 0 radical (unpaired) electrons. The standard InChI is InChI=1S/C28H31N7O3/c1-19-10-12-21(13-11-19)26-31-33-34(32-26)18-24(36)35(22-8-6-7-9-23(22)38-5)25(20-14-16-29-17-15-20)27(37)30-28(2,3)4/h6-17,25H,18H2,1-5H3,(H,30,37). The quantitative estimate of drug-likeness (QED) is 0.382. The largest absolute Gasteiger partial charge is 0.495 e. The third-order valence-electron chi connectivity index (χ3n) is 5.68. The Morgan fingerprint density at radius 3 is 2.37 bits per heavy atom. The number of para-hydroxylation sites is 2. The molecule has 10 nitrogen and oxygen atoms in total. The average Bonchev–Trinajstić information content (AvgIpc) is 3.35. The molecule has 4 aromatic rings. The number of tetrazole rings is 1. The Balaban J connectivity index is 1.76. The summed E-state index contributed by atoms with van der Waals surface area (Å²) in [5, 5.41) is 15.6. The molecule has 2 amide bonds. The molecule has 1 unspecified atom stereocenters. The van der Waals surface area contributed by atoms with E-state index >= 15 is 0 Å². The maximum absolute atomic E-state index is 14.0. The molecular weight excluding hydrogens is 482 g/mol. The number of carbonyl (C=O) groups excluding carboxylic acids is 2. The summed E-state index contributed by atoms with van der Waals surface area (Å²) < 4.78 is 5.58. The summed E-state index contributed by atoms with van der Waals surface area (Å²) in [5.74, 6) is 0.0660. The van der Waals surface area contributed by atoms with Crippen molar-refractivity contribution < 1.29 is 14.3 Å². The number of anilines is 1. The first kappa shape index (κ1) is 26.5. The molecule has 0 saturated carbocycles. The van der Waals surface area contributed by atoms with Gasteiger partial charge in [0.25, 0.3) is 5.91 Å². The lowest BCUT2D eigenvalue weighted by Crippen LogP contribution is -2.50. The van der Waals surface area contributed by atoms with E-state index in [1.54, 1.807) is 48.8 Å². The number of rotatable bonds is 8. The van der Waals surface area contributed by atoms with Crippen LogP contribution >= 0.6 is 0 Å². The van der Waals surface area contributed by atoms with Gasteiger partial charge in [0.15, 0.2) is 0 Å². The van der Waals surface area contributed by atoms with Crippen LogP contribution in [-0.2, 0) is 16.1 Å². The number of benzene rings is 2. The van der Waals surface area contributed by atoms with Crippen LogP contribution in [0, 0.1) is 6.92 Å². The van der Waals surface area contributed by atoms with Crippen LogP contribution in [0.3, 0.4) is 0 Å². The molecule has 0 aliphatic carbocycles. The zero-order valence-electron chi connectivity index (χ0n) is 22.1. The molecule has 2 aromatic carbocycles. The number of aromatic nitrogens is 5. The highest BCUT2D eigenvalue weighted by Gasteiger charge is 2.36. The molecule has 2 aromatic heterocycles. The summed E-state index contributed by atoms with van der Waals surface area (Å²) in [7, 11) is 1.52. The Hall–Kier alpha value is -4.60. The summed E-state index contributed by atoms with van der Waals surface area (Å²) in [6, 6.07) is 17.2. The minimum Gasteiger partial charge on any atom is -0.495 e. The summed E-state index contributed by atoms with van der Waals surface area (Å²) in [5.41, 5.74) is 2.39. The van der Waals surface area contributed by atoms with Gasteiger partial charge in [-0.3, -0.25) is 19.5 Å². The molecule has 0 spiro atoms. The van der Waals surface area contributed by atoms with Crippen molar-refractivity contribution in [1.82, 2.24) is 30.5 Å². The molecule has 196 valence electrons. The van der Waals surface area contributed by atoms with Gasteiger partial charge >= 0.3 is 0 Å². The third-order valence-corrected chi connectivity index (χ3v) is 5.68. The lowest BCUT2D eigenvalue weighted by atomic mass is 10.0. The van der Waals surface area contributed by atoms with Crippen LogP contribution in [0.2, 0.25) is 0 Å². The molecule has 4 rings (SSSR count). The van der Waals surface area contributed by atoms with E-state index < -0.39 is 17.5 Å². The van der Waals surface area contributed by atoms with Gasteiger partial charge in [0.1, 0.15) is 18.3 Å². The number of amides is 2. The highest BCUT2D eigenvalue weighted by atomic mass is 16.5. The lowest BCUT2D eigenvalue weighted by Gasteiger charge is -2.34. The van der Waals surface area contributed by atoms with Crippen LogP contribution in [0.4, 0.5) is 5.69 Å². The molecule has 38 heavy (non-hydrogen) atoms. The topological polar surface area (TPSA) is 115 Å². The van der Waals surface area contributed by atoms with E-state index in [-0.39, 0.29) is 12.5 Å². The molecule has 2 heterocycles. The van der Waals surface area contributed by atoms with Crippen LogP contribution in [0.25, 0.3) is 11.4 Å². The SMILES string of the molecule is COc1ccccc1N(C(=O)Cn1nnc(-c2ccc(C)cc2)n1)C(C(=O)NC(C)(C)C)c1ccncc1. The monoisotopic (exact) mass is 513 g/mol. The molecule has 10 heteroatoms. The zero-order chi connectivity index (χ0) is 27.3. The van der Waals surface area contributed by atoms with E-state index in [9.17, 15) is 9.59 Å². The predicted molar refractivity (Wildman–Crippen MR) is 143 cm³/mol. The second kappa shape index (κ2) is 11.2. The van der Waals surface area contributed by atoms with Gasteiger partial charge in [-0.25, -0.2) is 0 Å². The Labute approximate surface area is 221 Å². The summed E-state index contributed by atoms with van der Waals surface area (Å²) in [6.45, 7) is 7.40. The Morgan fingerprint density at radius 1 is 1.03 bits per heavy atom. The molecule has 0 saturated heterocycles. The van der Waals surface area contributed by atoms with E-state index in [1.807, 2.05) is 52.0 Å². The first-order chi connectivity index (χ1) is 18.2. The smallest absolute Gasteiger partial charge is 0.251 e. The van der Waals surface area contributed by atoms with E-state index in [2.05, 4.69) is 25.7 Å². The first-order valence-corrected chi connectivity index (χ1v) is 12.2. The van der Waals surface area contributed by atoms with E-state index in [4.69, 9.17) is 4.74 Å². The molecule has 0 fully saturated rings. The number of hydrogen-bond donors (Lipinski definition) is 1. The highest BCUT2D eigenvalue weighted by Crippen LogP contribution is 2.35. The summed E-state index contributed by atoms with van der Waals surface area (Å²) >= 11 is 0. The van der Waals surface area contributed by atoms with Crippen LogP contribution in [0.1, 0.15) is 37.9 Å². The maximum atomic E-state index is 14.0. The number of nitrogens with zero attached hydrogens (tertiary/aromatic N) is 6. The van der Waals surface area contributed by atoms with Gasteiger partial charge in [0, 0.05) is 23.5 Å². The number of methoxy groups -OCH3 is 1. The predicted octanol–water partition coefficient (Wildman–Crippen LogP) is 3.74. The van der Waals surface area contributed by atoms with Gasteiger partial charge in [0.05, 0.1) is 12.8 Å². The number of hydrogen-bond acceptors (Lipinski definition) is 7. The van der Waals surface area contributed by atoms with Crippen LogP contribution in [0.15, 0.2) is 73.1 Å². The minimum atomic E-state index is -1.01. The van der Waals surface area contributed by atoms with Gasteiger partial charge in [0.2, 0.25) is 11.7 Å². The van der Waals surface area contributed by atoms with Crippen LogP contribution in [0.5, 0.6) is 5.75 Å². The van der Waals surface area contributed by atoms with Crippen molar-refractivity contribution in [3.8, 4) is 17.1 Å². The normalized spacial score (nSPS) is 12.0. The maximum Gasteiger partial charge on any atom is 0.251 e. The van der Waals surface area contributed by atoms with E-state index in [0.29, 0.717) is 22.8 Å². The van der Waals surface area contributed by atoms with Gasteiger partial charge in [-0.1, -0.05) is 42.0 Å². The minimum absolute atomic E-state index is 0.249.